The van der Waals surface area contributed by atoms with Crippen molar-refractivity contribution in [3.63, 3.8) is 0 Å². The van der Waals surface area contributed by atoms with Crippen molar-refractivity contribution < 1.29 is 5.11 Å². The van der Waals surface area contributed by atoms with E-state index in [4.69, 9.17) is 5.11 Å². The Bertz CT molecular complexity index is 384. The van der Waals surface area contributed by atoms with Crippen LogP contribution < -0.4 is 10.5 Å². The van der Waals surface area contributed by atoms with Gasteiger partial charge in [-0.05, 0) is 18.8 Å². The van der Waals surface area contributed by atoms with E-state index in [0.29, 0.717) is 5.92 Å². The zero-order chi connectivity index (χ0) is 10.8. The molecule has 0 amide bonds. The van der Waals surface area contributed by atoms with Crippen LogP contribution in [0.1, 0.15) is 12.8 Å². The van der Waals surface area contributed by atoms with E-state index in [2.05, 4.69) is 10.2 Å². The quantitative estimate of drug-likeness (QED) is 0.734. The number of aromatic nitrogens is 2. The number of H-pyrrole nitrogens is 1. The highest BCUT2D eigenvalue weighted by atomic mass is 16.3. The number of aromatic amines is 1. The molecule has 0 unspecified atom stereocenters. The van der Waals surface area contributed by atoms with Gasteiger partial charge in [-0.2, -0.15) is 5.10 Å². The summed E-state index contributed by atoms with van der Waals surface area (Å²) >= 11 is 0. The van der Waals surface area contributed by atoms with Crippen molar-refractivity contribution >= 4 is 5.69 Å². The van der Waals surface area contributed by atoms with Gasteiger partial charge < -0.3 is 10.0 Å². The van der Waals surface area contributed by atoms with E-state index in [0.717, 1.165) is 25.1 Å². The predicted molar refractivity (Wildman–Crippen MR) is 56.9 cm³/mol. The minimum atomic E-state index is -0.187. The summed E-state index contributed by atoms with van der Waals surface area (Å²) in [5, 5.41) is 15.2. The van der Waals surface area contributed by atoms with E-state index in [1.54, 1.807) is 6.20 Å². The van der Waals surface area contributed by atoms with Gasteiger partial charge in [0.2, 0.25) is 0 Å². The van der Waals surface area contributed by atoms with E-state index >= 15 is 0 Å². The summed E-state index contributed by atoms with van der Waals surface area (Å²) in [6.45, 7) is 0.863. The fourth-order valence-electron chi connectivity index (χ4n) is 1.92. The molecule has 5 heteroatoms. The molecule has 0 radical (unpaired) electrons. The Labute approximate surface area is 87.7 Å². The van der Waals surface area contributed by atoms with Crippen LogP contribution in [0, 0.1) is 5.92 Å². The largest absolute Gasteiger partial charge is 0.393 e. The minimum Gasteiger partial charge on any atom is -0.393 e. The van der Waals surface area contributed by atoms with Gasteiger partial charge in [-0.25, -0.2) is 5.10 Å². The minimum absolute atomic E-state index is 0.124. The Morgan fingerprint density at radius 1 is 1.67 bits per heavy atom. The van der Waals surface area contributed by atoms with Gasteiger partial charge >= 0.3 is 0 Å². The summed E-state index contributed by atoms with van der Waals surface area (Å²) < 4.78 is 0. The van der Waals surface area contributed by atoms with Crippen LogP contribution in [0.2, 0.25) is 0 Å². The molecule has 0 atom stereocenters. The molecule has 0 bridgehead atoms. The average Bonchev–Trinajstić information content (AvgIpc) is 2.15. The third-order valence-electron chi connectivity index (χ3n) is 2.83. The molecular formula is C10H15N3O2. The van der Waals surface area contributed by atoms with E-state index in [-0.39, 0.29) is 11.7 Å². The maximum absolute atomic E-state index is 11.0. The van der Waals surface area contributed by atoms with E-state index < -0.39 is 0 Å². The first-order chi connectivity index (χ1) is 7.15. The molecule has 1 aromatic heterocycles. The number of aliphatic hydroxyl groups excluding tert-OH is 1. The first-order valence-corrected chi connectivity index (χ1v) is 5.09. The first kappa shape index (κ1) is 10.2. The normalized spacial score (nSPS) is 24.7. The highest BCUT2D eigenvalue weighted by Gasteiger charge is 2.28. The molecule has 1 aliphatic rings. The molecule has 0 aromatic carbocycles. The van der Waals surface area contributed by atoms with Gasteiger partial charge in [-0.3, -0.25) is 4.79 Å². The predicted octanol–water partition coefficient (Wildman–Crippen LogP) is -0.0230. The van der Waals surface area contributed by atoms with Crippen molar-refractivity contribution in [2.24, 2.45) is 5.92 Å². The summed E-state index contributed by atoms with van der Waals surface area (Å²) in [6.07, 6.45) is 3.24. The zero-order valence-corrected chi connectivity index (χ0v) is 8.68. The maximum Gasteiger partial charge on any atom is 0.266 e. The molecule has 15 heavy (non-hydrogen) atoms. The number of nitrogens with one attached hydrogen (secondary N) is 1. The van der Waals surface area contributed by atoms with E-state index in [9.17, 15) is 4.79 Å². The fourth-order valence-corrected chi connectivity index (χ4v) is 1.92. The summed E-state index contributed by atoms with van der Waals surface area (Å²) in [6, 6.07) is 1.53. The monoisotopic (exact) mass is 209 g/mol. The van der Waals surface area contributed by atoms with Gasteiger partial charge in [0.15, 0.2) is 0 Å². The fraction of sp³-hybridized carbons (Fsp3) is 0.600. The standard InChI is InChI=1S/C10H15N3O2/c1-13(6-7-2-9(14)3-7)8-4-10(15)12-11-5-8/h4-5,7,9,14H,2-3,6H2,1H3,(H,12,15). The maximum atomic E-state index is 11.0. The molecule has 5 nitrogen and oxygen atoms in total. The molecule has 1 aliphatic carbocycles. The SMILES string of the molecule is CN(CC1CC(O)C1)c1cn[nH]c(=O)c1. The number of anilines is 1. The Balaban J connectivity index is 1.96. The van der Waals surface area contributed by atoms with Crippen molar-refractivity contribution in [1.29, 1.82) is 0 Å². The Morgan fingerprint density at radius 2 is 2.40 bits per heavy atom. The molecule has 1 aromatic rings. The average molecular weight is 209 g/mol. The first-order valence-electron chi connectivity index (χ1n) is 5.09. The van der Waals surface area contributed by atoms with Gasteiger partial charge in [-0.15, -0.1) is 0 Å². The second-order valence-corrected chi connectivity index (χ2v) is 4.18. The van der Waals surface area contributed by atoms with Crippen molar-refractivity contribution in [3.05, 3.63) is 22.6 Å². The smallest absolute Gasteiger partial charge is 0.266 e. The lowest BCUT2D eigenvalue weighted by Crippen LogP contribution is -2.37. The highest BCUT2D eigenvalue weighted by Crippen LogP contribution is 2.28. The second-order valence-electron chi connectivity index (χ2n) is 4.18. The molecule has 1 fully saturated rings. The van der Waals surface area contributed by atoms with E-state index in [1.807, 2.05) is 11.9 Å². The molecule has 2 rings (SSSR count). The Hall–Kier alpha value is -1.36. The second kappa shape index (κ2) is 4.02. The number of nitrogens with zero attached hydrogens (tertiary/aromatic N) is 2. The van der Waals surface area contributed by atoms with Crippen molar-refractivity contribution in [2.45, 2.75) is 18.9 Å². The molecule has 0 spiro atoms. The van der Waals surface area contributed by atoms with Crippen LogP contribution in [0.3, 0.4) is 0 Å². The van der Waals surface area contributed by atoms with Gasteiger partial charge in [0.1, 0.15) is 0 Å². The van der Waals surface area contributed by atoms with Crippen LogP contribution >= 0.6 is 0 Å². The number of hydrogen-bond donors (Lipinski definition) is 2. The molecule has 0 saturated heterocycles. The lowest BCUT2D eigenvalue weighted by atomic mass is 9.82. The van der Waals surface area contributed by atoms with Crippen molar-refractivity contribution in [1.82, 2.24) is 10.2 Å². The molecule has 82 valence electrons. The number of rotatable bonds is 3. The third-order valence-corrected chi connectivity index (χ3v) is 2.83. The van der Waals surface area contributed by atoms with Crippen LogP contribution in [0.15, 0.2) is 17.1 Å². The van der Waals surface area contributed by atoms with Crippen molar-refractivity contribution in [3.8, 4) is 0 Å². The number of aliphatic hydroxyl groups is 1. The van der Waals surface area contributed by atoms with Crippen LogP contribution in [0.4, 0.5) is 5.69 Å². The van der Waals surface area contributed by atoms with Gasteiger partial charge in [0.05, 0.1) is 18.0 Å². The van der Waals surface area contributed by atoms with Crippen LogP contribution in [0.25, 0.3) is 0 Å². The molecular weight excluding hydrogens is 194 g/mol. The van der Waals surface area contributed by atoms with Crippen LogP contribution in [-0.2, 0) is 0 Å². The van der Waals surface area contributed by atoms with Crippen molar-refractivity contribution in [2.75, 3.05) is 18.5 Å². The Kier molecular flexibility index (Phi) is 2.73. The molecule has 1 heterocycles. The molecule has 1 saturated carbocycles. The van der Waals surface area contributed by atoms with E-state index in [1.165, 1.54) is 6.07 Å². The topological polar surface area (TPSA) is 69.2 Å². The van der Waals surface area contributed by atoms with Crippen LogP contribution in [0.5, 0.6) is 0 Å². The zero-order valence-electron chi connectivity index (χ0n) is 8.68. The van der Waals surface area contributed by atoms with Gasteiger partial charge in [-0.1, -0.05) is 0 Å². The lowest BCUT2D eigenvalue weighted by molar-refractivity contribution is 0.0465. The number of hydrogen-bond acceptors (Lipinski definition) is 4. The summed E-state index contributed by atoms with van der Waals surface area (Å²) in [4.78, 5) is 13.0. The lowest BCUT2D eigenvalue weighted by Gasteiger charge is -2.34. The summed E-state index contributed by atoms with van der Waals surface area (Å²) in [5.41, 5.74) is 0.633. The Morgan fingerprint density at radius 3 is 3.00 bits per heavy atom. The summed E-state index contributed by atoms with van der Waals surface area (Å²) in [5.74, 6) is 0.532. The van der Waals surface area contributed by atoms with Gasteiger partial charge in [0.25, 0.3) is 5.56 Å². The summed E-state index contributed by atoms with van der Waals surface area (Å²) in [7, 11) is 1.93. The van der Waals surface area contributed by atoms with Crippen LogP contribution in [-0.4, -0.2) is 35.0 Å². The molecule has 2 N–H and O–H groups in total. The third kappa shape index (κ3) is 2.36. The highest BCUT2D eigenvalue weighted by molar-refractivity contribution is 5.41. The van der Waals surface area contributed by atoms with Gasteiger partial charge in [0, 0.05) is 19.7 Å². The molecule has 0 aliphatic heterocycles.